The van der Waals surface area contributed by atoms with Crippen molar-refractivity contribution < 1.29 is 18.3 Å². The molecule has 210 valence electrons. The van der Waals surface area contributed by atoms with Crippen molar-refractivity contribution in [2.75, 3.05) is 0 Å². The lowest BCUT2D eigenvalue weighted by Crippen LogP contribution is -2.50. The highest BCUT2D eigenvalue weighted by Gasteiger charge is 2.51. The fraction of sp³-hybridized carbons (Fsp3) is 0.406. The van der Waals surface area contributed by atoms with Gasteiger partial charge >= 0.3 is 0 Å². The standard InChI is InChI=1S/C27H27F2N3O2.C3H8.C2H6/c1-16-9-20(11-22(29)10-16)24-12-23-25(14-31-24)34-26(4,13-19-5-7-21(28)8-6-19)15-27(23,17(2)33)32-18(3)30;1-3-2;1-2/h5-12,14H,13,15H2,1-4H3,(H2,30,32);3H2,1-2H3;1-2H3/t26-,27+;;/m1../s1. The molecule has 2 atom stereocenters. The normalized spacial score (nSPS) is 19.9. The van der Waals surface area contributed by atoms with E-state index in [-0.39, 0.29) is 29.7 Å². The van der Waals surface area contributed by atoms with Crippen molar-refractivity contribution in [3.05, 3.63) is 83.1 Å². The van der Waals surface area contributed by atoms with Crippen LogP contribution in [0.15, 0.2) is 59.7 Å². The van der Waals surface area contributed by atoms with Crippen LogP contribution in [0.25, 0.3) is 11.3 Å². The molecule has 0 radical (unpaired) electrons. The average molecular weight is 538 g/mol. The van der Waals surface area contributed by atoms with E-state index in [1.807, 2.05) is 26.8 Å². The van der Waals surface area contributed by atoms with Crippen LogP contribution in [0.5, 0.6) is 5.75 Å². The summed E-state index contributed by atoms with van der Waals surface area (Å²) in [5.41, 5.74) is 7.10. The molecule has 2 aromatic carbocycles. The SMILES string of the molecule is CC.CC(=O)[C@@]1(N=C(C)N)C[C@@](C)(Cc2ccc(F)cc2)Oc2cnc(-c3cc(C)cc(F)c3)cc21.CCC. The predicted molar refractivity (Wildman–Crippen MR) is 155 cm³/mol. The second kappa shape index (κ2) is 13.5. The maximum atomic E-state index is 14.1. The van der Waals surface area contributed by atoms with Crippen molar-refractivity contribution in [2.24, 2.45) is 10.7 Å². The molecule has 7 heteroatoms. The minimum atomic E-state index is -1.30. The van der Waals surface area contributed by atoms with E-state index in [4.69, 9.17) is 10.5 Å². The number of carbonyl (C=O) groups is 1. The Kier molecular flexibility index (Phi) is 10.9. The van der Waals surface area contributed by atoms with Gasteiger partial charge in [0.1, 0.15) is 23.0 Å². The lowest BCUT2D eigenvalue weighted by molar-refractivity contribution is -0.125. The largest absolute Gasteiger partial charge is 0.485 e. The highest BCUT2D eigenvalue weighted by molar-refractivity contribution is 5.93. The molecular weight excluding hydrogens is 496 g/mol. The van der Waals surface area contributed by atoms with Crippen molar-refractivity contribution in [3.8, 4) is 17.0 Å². The number of fused-ring (bicyclic) bond motifs is 1. The average Bonchev–Trinajstić information content (AvgIpc) is 2.86. The molecule has 0 aliphatic carbocycles. The Morgan fingerprint density at radius 2 is 1.67 bits per heavy atom. The molecule has 39 heavy (non-hydrogen) atoms. The number of amidine groups is 1. The molecule has 2 N–H and O–H groups in total. The zero-order valence-corrected chi connectivity index (χ0v) is 24.4. The molecule has 1 aliphatic rings. The van der Waals surface area contributed by atoms with Crippen molar-refractivity contribution in [1.29, 1.82) is 0 Å². The number of aliphatic imine (C=N–C) groups is 1. The molecular formula is C32H41F2N3O2. The summed E-state index contributed by atoms with van der Waals surface area (Å²) in [6, 6.07) is 12.6. The fourth-order valence-corrected chi connectivity index (χ4v) is 4.75. The number of carbonyl (C=O) groups excluding carboxylic acids is 1. The molecule has 0 saturated carbocycles. The number of ketones is 1. The van der Waals surface area contributed by atoms with E-state index in [9.17, 15) is 13.6 Å². The topological polar surface area (TPSA) is 77.6 Å². The van der Waals surface area contributed by atoms with Gasteiger partial charge in [0.2, 0.25) is 0 Å². The van der Waals surface area contributed by atoms with E-state index < -0.39 is 11.1 Å². The zero-order valence-electron chi connectivity index (χ0n) is 24.4. The highest BCUT2D eigenvalue weighted by Crippen LogP contribution is 2.48. The Morgan fingerprint density at radius 3 is 2.21 bits per heavy atom. The summed E-state index contributed by atoms with van der Waals surface area (Å²) in [7, 11) is 0. The Bertz CT molecular complexity index is 1280. The quantitative estimate of drug-likeness (QED) is 0.267. The maximum absolute atomic E-state index is 14.1. The third kappa shape index (κ3) is 7.71. The first-order valence-electron chi connectivity index (χ1n) is 13.5. The minimum Gasteiger partial charge on any atom is -0.485 e. The van der Waals surface area contributed by atoms with Crippen LogP contribution >= 0.6 is 0 Å². The second-order valence-corrected chi connectivity index (χ2v) is 9.99. The van der Waals surface area contributed by atoms with Gasteiger partial charge in [-0.1, -0.05) is 46.2 Å². The van der Waals surface area contributed by atoms with E-state index in [0.29, 0.717) is 29.0 Å². The number of benzene rings is 2. The molecule has 0 fully saturated rings. The van der Waals surface area contributed by atoms with Crippen LogP contribution < -0.4 is 10.5 Å². The van der Waals surface area contributed by atoms with E-state index in [1.165, 1.54) is 37.6 Å². The molecule has 3 aromatic rings. The van der Waals surface area contributed by atoms with Crippen LogP contribution in [0, 0.1) is 18.6 Å². The van der Waals surface area contributed by atoms with Gasteiger partial charge in [0.25, 0.3) is 0 Å². The number of halogens is 2. The Balaban J connectivity index is 0.000000998. The van der Waals surface area contributed by atoms with Gasteiger partial charge in [-0.3, -0.25) is 14.8 Å². The summed E-state index contributed by atoms with van der Waals surface area (Å²) in [4.78, 5) is 22.3. The second-order valence-electron chi connectivity index (χ2n) is 9.99. The maximum Gasteiger partial charge on any atom is 0.162 e. The van der Waals surface area contributed by atoms with Gasteiger partial charge in [0.15, 0.2) is 11.3 Å². The van der Waals surface area contributed by atoms with Crippen molar-refractivity contribution in [3.63, 3.8) is 0 Å². The number of hydrogen-bond acceptors (Lipinski definition) is 4. The van der Waals surface area contributed by atoms with Gasteiger partial charge in [0, 0.05) is 24.0 Å². The van der Waals surface area contributed by atoms with Gasteiger partial charge in [0.05, 0.1) is 17.7 Å². The summed E-state index contributed by atoms with van der Waals surface area (Å²) < 4.78 is 33.9. The molecule has 0 spiro atoms. The first-order chi connectivity index (χ1) is 18.4. The molecule has 0 saturated heterocycles. The summed E-state index contributed by atoms with van der Waals surface area (Å²) in [6.45, 7) is 15.1. The monoisotopic (exact) mass is 537 g/mol. The Hall–Kier alpha value is -3.61. The zero-order chi connectivity index (χ0) is 29.4. The van der Waals surface area contributed by atoms with Gasteiger partial charge in [-0.05, 0) is 75.2 Å². The van der Waals surface area contributed by atoms with Crippen molar-refractivity contribution >= 4 is 11.6 Å². The molecule has 0 unspecified atom stereocenters. The van der Waals surface area contributed by atoms with Crippen LogP contribution in [0.3, 0.4) is 0 Å². The van der Waals surface area contributed by atoms with E-state index in [2.05, 4.69) is 23.8 Å². The number of Topliss-reactive ketones (excluding diaryl/α,β-unsaturated/α-hetero) is 1. The number of aromatic nitrogens is 1. The molecule has 4 rings (SSSR count). The smallest absolute Gasteiger partial charge is 0.162 e. The number of pyridine rings is 1. The molecule has 5 nitrogen and oxygen atoms in total. The lowest BCUT2D eigenvalue weighted by atomic mass is 9.73. The summed E-state index contributed by atoms with van der Waals surface area (Å²) in [5.74, 6) is -0.222. The van der Waals surface area contributed by atoms with Gasteiger partial charge in [-0.15, -0.1) is 0 Å². The van der Waals surface area contributed by atoms with E-state index in [0.717, 1.165) is 11.1 Å². The number of nitrogens with two attached hydrogens (primary N) is 1. The van der Waals surface area contributed by atoms with E-state index >= 15 is 0 Å². The van der Waals surface area contributed by atoms with Crippen LogP contribution in [0.2, 0.25) is 0 Å². The van der Waals surface area contributed by atoms with Gasteiger partial charge < -0.3 is 10.5 Å². The summed E-state index contributed by atoms with van der Waals surface area (Å²) in [6.07, 6.45) is 3.44. The molecule has 1 aliphatic heterocycles. The third-order valence-corrected chi connectivity index (χ3v) is 6.08. The van der Waals surface area contributed by atoms with Crippen LogP contribution in [0.1, 0.15) is 78.0 Å². The first-order valence-corrected chi connectivity index (χ1v) is 13.5. The number of nitrogens with zero attached hydrogens (tertiary/aromatic N) is 2. The van der Waals surface area contributed by atoms with Crippen LogP contribution in [-0.4, -0.2) is 22.2 Å². The third-order valence-electron chi connectivity index (χ3n) is 6.08. The summed E-state index contributed by atoms with van der Waals surface area (Å²) in [5, 5.41) is 0. The predicted octanol–water partition coefficient (Wildman–Crippen LogP) is 7.72. The number of rotatable bonds is 5. The van der Waals surface area contributed by atoms with Gasteiger partial charge in [-0.25, -0.2) is 8.78 Å². The lowest BCUT2D eigenvalue weighted by Gasteiger charge is -2.44. The molecule has 1 aromatic heterocycles. The number of aryl methyl sites for hydroxylation is 1. The highest BCUT2D eigenvalue weighted by atomic mass is 19.1. The van der Waals surface area contributed by atoms with Crippen molar-refractivity contribution in [1.82, 2.24) is 4.98 Å². The number of ether oxygens (including phenoxy) is 1. The first kappa shape index (κ1) is 31.6. The minimum absolute atomic E-state index is 0.195. The van der Waals surface area contributed by atoms with Crippen LogP contribution in [0.4, 0.5) is 8.78 Å². The molecule has 0 bridgehead atoms. The molecule has 2 heterocycles. The van der Waals surface area contributed by atoms with E-state index in [1.54, 1.807) is 38.2 Å². The Morgan fingerprint density at radius 1 is 1.05 bits per heavy atom. The fourth-order valence-electron chi connectivity index (χ4n) is 4.75. The van der Waals surface area contributed by atoms with Crippen molar-refractivity contribution in [2.45, 2.75) is 85.8 Å². The molecule has 0 amide bonds. The number of hydrogen-bond donors (Lipinski definition) is 1. The Labute approximate surface area is 231 Å². The van der Waals surface area contributed by atoms with Crippen LogP contribution in [-0.2, 0) is 16.8 Å². The van der Waals surface area contributed by atoms with Gasteiger partial charge in [-0.2, -0.15) is 0 Å². The summed E-state index contributed by atoms with van der Waals surface area (Å²) >= 11 is 0.